The second kappa shape index (κ2) is 6.61. The monoisotopic (exact) mass is 343 g/mol. The number of hydrogen-bond acceptors (Lipinski definition) is 4. The molecule has 0 saturated heterocycles. The summed E-state index contributed by atoms with van der Waals surface area (Å²) in [5, 5.41) is 0. The highest BCUT2D eigenvalue weighted by atomic mass is 32.2. The second-order valence-electron chi connectivity index (χ2n) is 4.21. The Morgan fingerprint density at radius 3 is 2.45 bits per heavy atom. The van der Waals surface area contributed by atoms with E-state index in [1.165, 1.54) is 11.6 Å². The number of sulfonamides is 1. The Morgan fingerprint density at radius 1 is 1.36 bits per heavy atom. The summed E-state index contributed by atoms with van der Waals surface area (Å²) in [4.78, 5) is 10.3. The minimum atomic E-state index is -5.10. The Morgan fingerprint density at radius 2 is 1.95 bits per heavy atom. The molecule has 124 valence electrons. The van der Waals surface area contributed by atoms with Gasteiger partial charge in [0.2, 0.25) is 0 Å². The van der Waals surface area contributed by atoms with E-state index in [1.54, 1.807) is 6.92 Å². The van der Waals surface area contributed by atoms with Gasteiger partial charge in [0.1, 0.15) is 11.9 Å². The molecule has 0 aliphatic rings. The maximum Gasteiger partial charge on any atom is 0.417 e. The van der Waals surface area contributed by atoms with E-state index in [2.05, 4.69) is 0 Å². The number of halogens is 4. The molecule has 0 unspecified atom stereocenters. The Bertz CT molecular complexity index is 658. The Kier molecular flexibility index (Phi) is 5.52. The molecule has 0 fully saturated rings. The minimum absolute atomic E-state index is 0.0466. The van der Waals surface area contributed by atoms with E-state index in [0.29, 0.717) is 12.1 Å². The van der Waals surface area contributed by atoms with Crippen LogP contribution in [0.1, 0.15) is 19.4 Å². The summed E-state index contributed by atoms with van der Waals surface area (Å²) < 4.78 is 81.5. The summed E-state index contributed by atoms with van der Waals surface area (Å²) in [5.74, 6) is -2.38. The predicted molar refractivity (Wildman–Crippen MR) is 67.8 cm³/mol. The number of carbonyl (C=O) groups excluding carboxylic acids is 1. The van der Waals surface area contributed by atoms with Crippen LogP contribution in [0, 0.1) is 5.82 Å². The van der Waals surface area contributed by atoms with Crippen LogP contribution in [0.3, 0.4) is 0 Å². The third-order valence-electron chi connectivity index (χ3n) is 2.56. The summed E-state index contributed by atoms with van der Waals surface area (Å²) in [6.07, 6.45) is -6.27. The van der Waals surface area contributed by atoms with Crippen molar-refractivity contribution in [3.8, 4) is 0 Å². The first kappa shape index (κ1) is 18.4. The molecule has 0 aliphatic heterocycles. The lowest BCUT2D eigenvalue weighted by molar-refractivity contribution is -0.140. The highest BCUT2D eigenvalue weighted by molar-refractivity contribution is 7.90. The largest absolute Gasteiger partial charge is 0.417 e. The van der Waals surface area contributed by atoms with Crippen molar-refractivity contribution in [1.82, 2.24) is 4.72 Å². The number of hydrogen-bond donors (Lipinski definition) is 1. The molecular formula is C12H13F4NO4S. The topological polar surface area (TPSA) is 72.5 Å². The van der Waals surface area contributed by atoms with Crippen LogP contribution in [0.25, 0.3) is 0 Å². The van der Waals surface area contributed by atoms with E-state index in [1.807, 2.05) is 0 Å². The van der Waals surface area contributed by atoms with Gasteiger partial charge in [0.05, 0.1) is 10.5 Å². The Balaban J connectivity index is 3.22. The van der Waals surface area contributed by atoms with Gasteiger partial charge in [0, 0.05) is 6.61 Å². The van der Waals surface area contributed by atoms with Crippen LogP contribution in [0.2, 0.25) is 0 Å². The molecule has 0 spiro atoms. The van der Waals surface area contributed by atoms with Gasteiger partial charge >= 0.3 is 6.18 Å². The van der Waals surface area contributed by atoms with Gasteiger partial charge in [-0.15, -0.1) is 0 Å². The first-order chi connectivity index (χ1) is 9.99. The van der Waals surface area contributed by atoms with Crippen LogP contribution in [0.4, 0.5) is 17.6 Å². The second-order valence-corrected chi connectivity index (χ2v) is 5.86. The zero-order chi connectivity index (χ0) is 17.1. The highest BCUT2D eigenvalue weighted by Gasteiger charge is 2.38. The van der Waals surface area contributed by atoms with Crippen LogP contribution in [0.5, 0.6) is 0 Å². The zero-order valence-corrected chi connectivity index (χ0v) is 12.4. The molecule has 0 bridgehead atoms. The minimum Gasteiger partial charge on any atom is -0.369 e. The van der Waals surface area contributed by atoms with Gasteiger partial charge in [-0.05, 0) is 32.0 Å². The molecule has 0 radical (unpaired) electrons. The van der Waals surface area contributed by atoms with E-state index in [0.717, 1.165) is 0 Å². The van der Waals surface area contributed by atoms with Crippen molar-refractivity contribution in [3.63, 3.8) is 0 Å². The average Bonchev–Trinajstić information content (AvgIpc) is 2.37. The fourth-order valence-electron chi connectivity index (χ4n) is 1.55. The first-order valence-corrected chi connectivity index (χ1v) is 7.52. The molecule has 1 rings (SSSR count). The summed E-state index contributed by atoms with van der Waals surface area (Å²) in [7, 11) is -4.82. The molecule has 10 heteroatoms. The Labute approximate surface area is 124 Å². The maximum absolute atomic E-state index is 13.0. The molecule has 0 heterocycles. The van der Waals surface area contributed by atoms with Gasteiger partial charge in [0.25, 0.3) is 15.9 Å². The van der Waals surface area contributed by atoms with E-state index in [4.69, 9.17) is 4.74 Å². The molecular weight excluding hydrogens is 330 g/mol. The normalized spacial score (nSPS) is 13.7. The molecule has 1 amide bonds. The molecule has 22 heavy (non-hydrogen) atoms. The van der Waals surface area contributed by atoms with Gasteiger partial charge in [-0.1, -0.05) is 0 Å². The summed E-state index contributed by atoms with van der Waals surface area (Å²) in [6.45, 7) is 2.91. The van der Waals surface area contributed by atoms with E-state index in [9.17, 15) is 30.8 Å². The van der Waals surface area contributed by atoms with Gasteiger partial charge in [0.15, 0.2) is 0 Å². The van der Waals surface area contributed by atoms with Crippen LogP contribution >= 0.6 is 0 Å². The molecule has 1 aromatic carbocycles. The highest BCUT2D eigenvalue weighted by Crippen LogP contribution is 2.34. The van der Waals surface area contributed by atoms with Crippen molar-refractivity contribution in [2.24, 2.45) is 0 Å². The van der Waals surface area contributed by atoms with Crippen LogP contribution < -0.4 is 4.72 Å². The average molecular weight is 343 g/mol. The quantitative estimate of drug-likeness (QED) is 0.831. The number of carbonyl (C=O) groups is 1. The number of benzene rings is 1. The van der Waals surface area contributed by atoms with E-state index < -0.39 is 44.5 Å². The molecule has 0 aliphatic carbocycles. The standard InChI is InChI=1S/C12H13F4NO4S/c1-3-21-7(2)11(18)17-22(19,20)10-5-4-8(13)6-9(10)12(14,15)16/h4-7H,3H2,1-2H3,(H,17,18)/t7-/m1/s1. The number of rotatable bonds is 5. The van der Waals surface area contributed by atoms with Crippen molar-refractivity contribution in [2.75, 3.05) is 6.61 Å². The smallest absolute Gasteiger partial charge is 0.369 e. The maximum atomic E-state index is 13.0. The zero-order valence-electron chi connectivity index (χ0n) is 11.6. The predicted octanol–water partition coefficient (Wildman–Crippen LogP) is 2.07. The molecule has 0 saturated carbocycles. The Hall–Kier alpha value is -1.68. The number of amides is 1. The lowest BCUT2D eigenvalue weighted by atomic mass is 10.2. The van der Waals surface area contributed by atoms with E-state index >= 15 is 0 Å². The third kappa shape index (κ3) is 4.41. The number of alkyl halides is 3. The summed E-state index contributed by atoms with van der Waals surface area (Å²) in [5.41, 5.74) is -1.70. The molecule has 1 atom stereocenters. The fraction of sp³-hybridized carbons (Fsp3) is 0.417. The van der Waals surface area contributed by atoms with Crippen LogP contribution in [0.15, 0.2) is 23.1 Å². The molecule has 0 aromatic heterocycles. The van der Waals surface area contributed by atoms with Crippen molar-refractivity contribution in [2.45, 2.75) is 31.0 Å². The van der Waals surface area contributed by atoms with E-state index in [-0.39, 0.29) is 12.7 Å². The number of ether oxygens (including phenoxy) is 1. The third-order valence-corrected chi connectivity index (χ3v) is 3.96. The molecule has 1 N–H and O–H groups in total. The first-order valence-electron chi connectivity index (χ1n) is 6.04. The SMILES string of the molecule is CCO[C@H](C)C(=O)NS(=O)(=O)c1ccc(F)cc1C(F)(F)F. The molecule has 5 nitrogen and oxygen atoms in total. The summed E-state index contributed by atoms with van der Waals surface area (Å²) in [6, 6.07) is 1.05. The number of nitrogens with one attached hydrogen (secondary N) is 1. The van der Waals surface area contributed by atoms with Crippen molar-refractivity contribution >= 4 is 15.9 Å². The van der Waals surface area contributed by atoms with Crippen LogP contribution in [-0.4, -0.2) is 27.0 Å². The van der Waals surface area contributed by atoms with Gasteiger partial charge in [-0.2, -0.15) is 13.2 Å². The van der Waals surface area contributed by atoms with Gasteiger partial charge < -0.3 is 4.74 Å². The van der Waals surface area contributed by atoms with Crippen molar-refractivity contribution in [3.05, 3.63) is 29.6 Å². The molecule has 1 aromatic rings. The van der Waals surface area contributed by atoms with Gasteiger partial charge in [-0.25, -0.2) is 17.5 Å². The van der Waals surface area contributed by atoms with Crippen LogP contribution in [-0.2, 0) is 25.7 Å². The lowest BCUT2D eigenvalue weighted by Crippen LogP contribution is -2.39. The van der Waals surface area contributed by atoms with Gasteiger partial charge in [-0.3, -0.25) is 4.79 Å². The van der Waals surface area contributed by atoms with Crippen molar-refractivity contribution in [1.29, 1.82) is 0 Å². The van der Waals surface area contributed by atoms with Crippen molar-refractivity contribution < 1.29 is 35.5 Å². The summed E-state index contributed by atoms with van der Waals surface area (Å²) >= 11 is 0. The fourth-order valence-corrected chi connectivity index (χ4v) is 2.81. The lowest BCUT2D eigenvalue weighted by Gasteiger charge is -2.16.